The van der Waals surface area contributed by atoms with Crippen molar-refractivity contribution in [2.45, 2.75) is 46.0 Å². The van der Waals surface area contributed by atoms with Gasteiger partial charge in [0, 0.05) is 20.6 Å². The number of nitrogens with zero attached hydrogens (tertiary/aromatic N) is 2. The lowest BCUT2D eigenvalue weighted by atomic mass is 9.83. The van der Waals surface area contributed by atoms with Gasteiger partial charge in [0.1, 0.15) is 0 Å². The molecule has 0 aliphatic heterocycles. The summed E-state index contributed by atoms with van der Waals surface area (Å²) in [5.74, 6) is 1.94. The maximum atomic E-state index is 11.8. The largest absolute Gasteiger partial charge is 0.348 e. The van der Waals surface area contributed by atoms with Gasteiger partial charge in [0.05, 0.1) is 6.54 Å². The number of amides is 1. The van der Waals surface area contributed by atoms with Crippen LogP contribution >= 0.6 is 0 Å². The van der Waals surface area contributed by atoms with E-state index in [-0.39, 0.29) is 5.91 Å². The van der Waals surface area contributed by atoms with Crippen LogP contribution in [0.2, 0.25) is 0 Å². The zero-order valence-electron chi connectivity index (χ0n) is 12.6. The molecule has 1 rings (SSSR count). The average molecular weight is 254 g/mol. The molecule has 0 radical (unpaired) electrons. The van der Waals surface area contributed by atoms with Crippen LogP contribution in [-0.2, 0) is 4.79 Å². The van der Waals surface area contributed by atoms with E-state index in [1.165, 1.54) is 25.7 Å². The first-order valence-corrected chi connectivity index (χ1v) is 7.45. The molecule has 0 aromatic rings. The highest BCUT2D eigenvalue weighted by atomic mass is 16.2. The normalized spacial score (nSPS) is 24.3. The zero-order valence-corrected chi connectivity index (χ0v) is 12.6. The van der Waals surface area contributed by atoms with Crippen molar-refractivity contribution < 1.29 is 4.79 Å². The SMILES string of the molecule is CCCN(CC(=O)N(C)C)CC1CCC(C)CC1. The number of hydrogen-bond donors (Lipinski definition) is 0. The molecular weight excluding hydrogens is 224 g/mol. The van der Waals surface area contributed by atoms with Gasteiger partial charge in [-0.25, -0.2) is 0 Å². The smallest absolute Gasteiger partial charge is 0.236 e. The molecule has 0 bridgehead atoms. The number of likely N-dealkylation sites (N-methyl/N-ethyl adjacent to an activating group) is 1. The van der Waals surface area contributed by atoms with Crippen molar-refractivity contribution in [1.29, 1.82) is 0 Å². The van der Waals surface area contributed by atoms with E-state index in [4.69, 9.17) is 0 Å². The fraction of sp³-hybridized carbons (Fsp3) is 0.933. The Morgan fingerprint density at radius 3 is 2.28 bits per heavy atom. The van der Waals surface area contributed by atoms with Gasteiger partial charge < -0.3 is 4.90 Å². The van der Waals surface area contributed by atoms with Gasteiger partial charge in [-0.05, 0) is 37.6 Å². The number of hydrogen-bond acceptors (Lipinski definition) is 2. The zero-order chi connectivity index (χ0) is 13.5. The second-order valence-corrected chi connectivity index (χ2v) is 6.15. The molecular formula is C15H30N2O. The van der Waals surface area contributed by atoms with Gasteiger partial charge in [-0.15, -0.1) is 0 Å². The summed E-state index contributed by atoms with van der Waals surface area (Å²) in [4.78, 5) is 15.9. The van der Waals surface area contributed by atoms with Crippen LogP contribution in [0.15, 0.2) is 0 Å². The van der Waals surface area contributed by atoms with Crippen LogP contribution in [0.5, 0.6) is 0 Å². The highest BCUT2D eigenvalue weighted by Crippen LogP contribution is 2.28. The van der Waals surface area contributed by atoms with Crippen molar-refractivity contribution in [3.8, 4) is 0 Å². The van der Waals surface area contributed by atoms with Gasteiger partial charge in [-0.1, -0.05) is 26.7 Å². The van der Waals surface area contributed by atoms with Crippen LogP contribution in [0.25, 0.3) is 0 Å². The molecule has 3 heteroatoms. The molecule has 106 valence electrons. The van der Waals surface area contributed by atoms with E-state index in [0.29, 0.717) is 6.54 Å². The third kappa shape index (κ3) is 5.38. The molecule has 1 aliphatic carbocycles. The molecule has 0 unspecified atom stereocenters. The quantitative estimate of drug-likeness (QED) is 0.727. The first kappa shape index (κ1) is 15.5. The summed E-state index contributed by atoms with van der Waals surface area (Å²) >= 11 is 0. The Bertz CT molecular complexity index is 245. The van der Waals surface area contributed by atoms with Gasteiger partial charge >= 0.3 is 0 Å². The van der Waals surface area contributed by atoms with Gasteiger partial charge in [0.15, 0.2) is 0 Å². The molecule has 1 saturated carbocycles. The summed E-state index contributed by atoms with van der Waals surface area (Å²) in [6.45, 7) is 7.30. The van der Waals surface area contributed by atoms with E-state index < -0.39 is 0 Å². The van der Waals surface area contributed by atoms with Crippen molar-refractivity contribution in [2.75, 3.05) is 33.7 Å². The Morgan fingerprint density at radius 2 is 1.78 bits per heavy atom. The Balaban J connectivity index is 2.39. The monoisotopic (exact) mass is 254 g/mol. The minimum absolute atomic E-state index is 0.229. The molecule has 0 saturated heterocycles. The van der Waals surface area contributed by atoms with E-state index in [0.717, 1.165) is 31.3 Å². The minimum Gasteiger partial charge on any atom is -0.348 e. The highest BCUT2D eigenvalue weighted by molar-refractivity contribution is 5.77. The molecule has 0 atom stereocenters. The summed E-state index contributed by atoms with van der Waals surface area (Å²) in [6, 6.07) is 0. The lowest BCUT2D eigenvalue weighted by Gasteiger charge is -2.31. The number of rotatable bonds is 6. The topological polar surface area (TPSA) is 23.6 Å². The molecule has 0 aromatic carbocycles. The highest BCUT2D eigenvalue weighted by Gasteiger charge is 2.21. The lowest BCUT2D eigenvalue weighted by Crippen LogP contribution is -2.40. The molecule has 1 fully saturated rings. The van der Waals surface area contributed by atoms with Crippen LogP contribution in [0.4, 0.5) is 0 Å². The third-order valence-electron chi connectivity index (χ3n) is 4.05. The Morgan fingerprint density at radius 1 is 1.17 bits per heavy atom. The fourth-order valence-corrected chi connectivity index (χ4v) is 2.76. The summed E-state index contributed by atoms with van der Waals surface area (Å²) in [7, 11) is 3.68. The van der Waals surface area contributed by atoms with Crippen molar-refractivity contribution in [3.05, 3.63) is 0 Å². The molecule has 0 spiro atoms. The molecule has 18 heavy (non-hydrogen) atoms. The Labute approximate surface area is 113 Å². The molecule has 3 nitrogen and oxygen atoms in total. The third-order valence-corrected chi connectivity index (χ3v) is 4.05. The van der Waals surface area contributed by atoms with Crippen molar-refractivity contribution >= 4 is 5.91 Å². The van der Waals surface area contributed by atoms with E-state index in [1.807, 2.05) is 14.1 Å². The average Bonchev–Trinajstić information content (AvgIpc) is 2.32. The van der Waals surface area contributed by atoms with Crippen molar-refractivity contribution in [1.82, 2.24) is 9.80 Å². The summed E-state index contributed by atoms with van der Waals surface area (Å²) in [5, 5.41) is 0. The fourth-order valence-electron chi connectivity index (χ4n) is 2.76. The van der Waals surface area contributed by atoms with E-state index in [2.05, 4.69) is 18.7 Å². The van der Waals surface area contributed by atoms with Crippen LogP contribution < -0.4 is 0 Å². The first-order valence-electron chi connectivity index (χ1n) is 7.45. The molecule has 0 heterocycles. The predicted octanol–water partition coefficient (Wildman–Crippen LogP) is 2.61. The summed E-state index contributed by atoms with van der Waals surface area (Å²) in [6.07, 6.45) is 6.55. The maximum absolute atomic E-state index is 11.8. The second kappa shape index (κ2) is 7.78. The van der Waals surface area contributed by atoms with Gasteiger partial charge in [-0.3, -0.25) is 9.69 Å². The van der Waals surface area contributed by atoms with Gasteiger partial charge in [-0.2, -0.15) is 0 Å². The van der Waals surface area contributed by atoms with E-state index in [1.54, 1.807) is 4.90 Å². The van der Waals surface area contributed by atoms with Crippen LogP contribution in [0, 0.1) is 11.8 Å². The first-order chi connectivity index (χ1) is 8.52. The maximum Gasteiger partial charge on any atom is 0.236 e. The lowest BCUT2D eigenvalue weighted by molar-refractivity contribution is -0.130. The minimum atomic E-state index is 0.229. The molecule has 1 amide bonds. The number of carbonyl (C=O) groups is 1. The second-order valence-electron chi connectivity index (χ2n) is 6.15. The van der Waals surface area contributed by atoms with E-state index in [9.17, 15) is 4.79 Å². The molecule has 0 aromatic heterocycles. The Hall–Kier alpha value is -0.570. The number of carbonyl (C=O) groups excluding carboxylic acids is 1. The standard InChI is InChI=1S/C15H30N2O/c1-5-10-17(12-15(18)16(3)4)11-14-8-6-13(2)7-9-14/h13-14H,5-12H2,1-4H3. The van der Waals surface area contributed by atoms with Crippen LogP contribution in [0.3, 0.4) is 0 Å². The van der Waals surface area contributed by atoms with Crippen molar-refractivity contribution in [3.63, 3.8) is 0 Å². The predicted molar refractivity (Wildman–Crippen MR) is 76.5 cm³/mol. The van der Waals surface area contributed by atoms with E-state index >= 15 is 0 Å². The van der Waals surface area contributed by atoms with Crippen LogP contribution in [0.1, 0.15) is 46.0 Å². The summed E-state index contributed by atoms with van der Waals surface area (Å²) in [5.41, 5.74) is 0. The van der Waals surface area contributed by atoms with Gasteiger partial charge in [0.2, 0.25) is 5.91 Å². The molecule has 1 aliphatic rings. The van der Waals surface area contributed by atoms with Crippen LogP contribution in [-0.4, -0.2) is 49.4 Å². The van der Waals surface area contributed by atoms with Crippen molar-refractivity contribution in [2.24, 2.45) is 11.8 Å². The Kier molecular flexibility index (Phi) is 6.69. The van der Waals surface area contributed by atoms with Gasteiger partial charge in [0.25, 0.3) is 0 Å². The summed E-state index contributed by atoms with van der Waals surface area (Å²) < 4.78 is 0. The molecule has 0 N–H and O–H groups in total.